The quantitative estimate of drug-likeness (QED) is 0.234. The Kier molecular flexibility index (Phi) is 8.51. The molecule has 0 unspecified atom stereocenters. The van der Waals surface area contributed by atoms with Crippen LogP contribution in [0.5, 0.6) is 0 Å². The summed E-state index contributed by atoms with van der Waals surface area (Å²) in [7, 11) is 0. The fourth-order valence-electron chi connectivity index (χ4n) is 4.32. The Bertz CT molecular complexity index is 1610. The van der Waals surface area contributed by atoms with E-state index in [0.29, 0.717) is 50.7 Å². The third kappa shape index (κ3) is 5.98. The van der Waals surface area contributed by atoms with E-state index in [4.69, 9.17) is 11.6 Å². The fourth-order valence-corrected chi connectivity index (χ4v) is 4.59. The van der Waals surface area contributed by atoms with Gasteiger partial charge in [-0.3, -0.25) is 4.98 Å². The lowest BCUT2D eigenvalue weighted by Crippen LogP contribution is -2.20. The van der Waals surface area contributed by atoms with Gasteiger partial charge in [-0.15, -0.1) is 5.10 Å². The number of pyridine rings is 1. The van der Waals surface area contributed by atoms with E-state index in [0.717, 1.165) is 11.1 Å². The number of nitriles is 2. The summed E-state index contributed by atoms with van der Waals surface area (Å²) < 4.78 is 27.9. The second-order valence-corrected chi connectivity index (χ2v) is 11.1. The van der Waals surface area contributed by atoms with Crippen LogP contribution >= 0.6 is 11.6 Å². The molecule has 0 fully saturated rings. The highest BCUT2D eigenvalue weighted by molar-refractivity contribution is 6.35. The van der Waals surface area contributed by atoms with Gasteiger partial charge in [0.05, 0.1) is 45.7 Å². The van der Waals surface area contributed by atoms with E-state index in [9.17, 15) is 19.3 Å². The smallest absolute Gasteiger partial charge is 0.114 e. The maximum Gasteiger partial charge on any atom is 0.114 e. The first-order valence-electron chi connectivity index (χ1n) is 12.7. The van der Waals surface area contributed by atoms with Gasteiger partial charge in [-0.2, -0.15) is 10.5 Å². The summed E-state index contributed by atoms with van der Waals surface area (Å²) in [5, 5.41) is 35.4. The van der Waals surface area contributed by atoms with Crippen LogP contribution in [0.25, 0.3) is 10.9 Å². The molecule has 4 aromatic rings. The molecule has 0 radical (unpaired) electrons. The summed E-state index contributed by atoms with van der Waals surface area (Å²) in [6, 6.07) is 11.5. The molecule has 2 aromatic carbocycles. The molecule has 0 aliphatic carbocycles. The SMILES string of the molecule is Cc1c(C#N)cccc1[C@H](Nc1cc(Cl)c2ncc(C#N)c(NCC(C)(C)C)c2c1)c1cn(C(CF)CF)nn1. The summed E-state index contributed by atoms with van der Waals surface area (Å²) in [6.07, 6.45) is 2.99. The van der Waals surface area contributed by atoms with Crippen LogP contribution in [0.1, 0.15) is 60.8 Å². The van der Waals surface area contributed by atoms with Crippen LogP contribution in [0.15, 0.2) is 42.7 Å². The Hall–Kier alpha value is -4.28. The van der Waals surface area contributed by atoms with Gasteiger partial charge in [0, 0.05) is 23.8 Å². The molecule has 0 spiro atoms. The van der Waals surface area contributed by atoms with Crippen molar-refractivity contribution in [3.8, 4) is 12.1 Å². The molecule has 1 atom stereocenters. The van der Waals surface area contributed by atoms with E-state index in [2.05, 4.69) is 58.8 Å². The van der Waals surface area contributed by atoms with Gasteiger partial charge < -0.3 is 10.6 Å². The Labute approximate surface area is 236 Å². The molecule has 40 heavy (non-hydrogen) atoms. The number of hydrogen-bond donors (Lipinski definition) is 2. The van der Waals surface area contributed by atoms with Crippen molar-refractivity contribution in [3.63, 3.8) is 0 Å². The first kappa shape index (κ1) is 28.7. The van der Waals surface area contributed by atoms with Crippen molar-refractivity contribution in [2.24, 2.45) is 5.41 Å². The fraction of sp³-hybridized carbons (Fsp3) is 0.345. The maximum absolute atomic E-state index is 13.4. The highest BCUT2D eigenvalue weighted by Crippen LogP contribution is 2.36. The molecule has 0 saturated heterocycles. The topological polar surface area (TPSA) is 115 Å². The molecule has 0 saturated carbocycles. The van der Waals surface area contributed by atoms with Gasteiger partial charge in [-0.05, 0) is 41.7 Å². The van der Waals surface area contributed by atoms with Crippen molar-refractivity contribution in [3.05, 3.63) is 75.7 Å². The Balaban J connectivity index is 1.86. The Morgan fingerprint density at radius 3 is 2.48 bits per heavy atom. The average Bonchev–Trinajstić information content (AvgIpc) is 3.40. The minimum atomic E-state index is -1.09. The third-order valence-electron chi connectivity index (χ3n) is 6.51. The molecule has 0 aliphatic heterocycles. The summed E-state index contributed by atoms with van der Waals surface area (Å²) in [6.45, 7) is 6.82. The highest BCUT2D eigenvalue weighted by Gasteiger charge is 2.24. The third-order valence-corrected chi connectivity index (χ3v) is 6.80. The van der Waals surface area contributed by atoms with Crippen LogP contribution < -0.4 is 10.6 Å². The van der Waals surface area contributed by atoms with Gasteiger partial charge in [0.15, 0.2) is 0 Å². The summed E-state index contributed by atoms with van der Waals surface area (Å²) in [5.41, 5.74) is 4.39. The zero-order valence-corrected chi connectivity index (χ0v) is 23.4. The molecule has 2 aromatic heterocycles. The molecule has 0 bridgehead atoms. The lowest BCUT2D eigenvalue weighted by atomic mass is 9.95. The molecule has 0 aliphatic rings. The molecule has 0 amide bonds. The molecule has 8 nitrogen and oxygen atoms in total. The van der Waals surface area contributed by atoms with Crippen LogP contribution in [-0.2, 0) is 0 Å². The summed E-state index contributed by atoms with van der Waals surface area (Å²) >= 11 is 6.69. The number of alkyl halides is 2. The maximum atomic E-state index is 13.4. The van der Waals surface area contributed by atoms with E-state index in [-0.39, 0.29) is 5.41 Å². The number of anilines is 2. The minimum absolute atomic E-state index is 0.0563. The van der Waals surface area contributed by atoms with E-state index in [1.54, 1.807) is 18.2 Å². The zero-order valence-electron chi connectivity index (χ0n) is 22.6. The lowest BCUT2D eigenvalue weighted by Gasteiger charge is -2.23. The van der Waals surface area contributed by atoms with Crippen molar-refractivity contribution in [1.29, 1.82) is 10.5 Å². The molecule has 11 heteroatoms. The van der Waals surface area contributed by atoms with E-state index < -0.39 is 25.4 Å². The van der Waals surface area contributed by atoms with Crippen LogP contribution in [0.2, 0.25) is 5.02 Å². The number of fused-ring (bicyclic) bond motifs is 1. The van der Waals surface area contributed by atoms with E-state index in [1.165, 1.54) is 17.1 Å². The van der Waals surface area contributed by atoms with E-state index in [1.807, 2.05) is 19.1 Å². The standard InChI is InChI=1S/C29H29ClF2N8/c1-17-18(12-33)6-5-7-22(17)28(25-15-40(39-38-25)21(10-31)11-32)37-20-8-23-26(36-16-29(2,3)4)19(13-34)14-35-27(23)24(30)9-20/h5-9,14-15,21,28,37H,10-11,16H2,1-4H3,(H,35,36)/t28-/m0/s1. The number of nitrogens with one attached hydrogen (secondary N) is 2. The number of aromatic nitrogens is 4. The Morgan fingerprint density at radius 1 is 1.10 bits per heavy atom. The monoisotopic (exact) mass is 562 g/mol. The van der Waals surface area contributed by atoms with Crippen LogP contribution in [0, 0.1) is 35.0 Å². The zero-order chi connectivity index (χ0) is 29.0. The minimum Gasteiger partial charge on any atom is -0.383 e. The number of hydrogen-bond acceptors (Lipinski definition) is 7. The number of halogens is 3. The van der Waals surface area contributed by atoms with Crippen molar-refractivity contribution < 1.29 is 8.78 Å². The van der Waals surface area contributed by atoms with E-state index >= 15 is 0 Å². The first-order valence-corrected chi connectivity index (χ1v) is 13.0. The van der Waals surface area contributed by atoms with Gasteiger partial charge in [-0.1, -0.05) is 49.7 Å². The van der Waals surface area contributed by atoms with Gasteiger partial charge >= 0.3 is 0 Å². The number of rotatable bonds is 9. The normalized spacial score (nSPS) is 12.2. The number of nitrogens with zero attached hydrogens (tertiary/aromatic N) is 6. The predicted octanol–water partition coefficient (Wildman–Crippen LogP) is 6.67. The molecule has 4 rings (SSSR count). The van der Waals surface area contributed by atoms with Crippen molar-refractivity contribution in [2.45, 2.75) is 39.8 Å². The summed E-state index contributed by atoms with van der Waals surface area (Å²) in [4.78, 5) is 4.42. The van der Waals surface area contributed by atoms with Crippen molar-refractivity contribution in [2.75, 3.05) is 30.5 Å². The van der Waals surface area contributed by atoms with Gasteiger partial charge in [0.2, 0.25) is 0 Å². The van der Waals surface area contributed by atoms with Gasteiger partial charge in [0.25, 0.3) is 0 Å². The van der Waals surface area contributed by atoms with Crippen LogP contribution in [0.3, 0.4) is 0 Å². The highest BCUT2D eigenvalue weighted by atomic mass is 35.5. The molecule has 2 heterocycles. The largest absolute Gasteiger partial charge is 0.383 e. The second kappa shape index (κ2) is 11.8. The lowest BCUT2D eigenvalue weighted by molar-refractivity contribution is 0.269. The van der Waals surface area contributed by atoms with Crippen LogP contribution in [0.4, 0.5) is 20.2 Å². The molecular formula is C29H29ClF2N8. The second-order valence-electron chi connectivity index (χ2n) is 10.7. The average molecular weight is 563 g/mol. The first-order chi connectivity index (χ1) is 19.1. The van der Waals surface area contributed by atoms with Crippen molar-refractivity contribution >= 4 is 33.9 Å². The molecular weight excluding hydrogens is 534 g/mol. The Morgan fingerprint density at radius 2 is 1.82 bits per heavy atom. The number of benzene rings is 2. The molecule has 206 valence electrons. The molecule has 2 N–H and O–H groups in total. The predicted molar refractivity (Wildman–Crippen MR) is 152 cm³/mol. The summed E-state index contributed by atoms with van der Waals surface area (Å²) in [5.74, 6) is 0. The van der Waals surface area contributed by atoms with Gasteiger partial charge in [0.1, 0.15) is 31.2 Å². The van der Waals surface area contributed by atoms with Crippen molar-refractivity contribution in [1.82, 2.24) is 20.0 Å². The van der Waals surface area contributed by atoms with Gasteiger partial charge in [-0.25, -0.2) is 13.5 Å². The van der Waals surface area contributed by atoms with Crippen LogP contribution in [-0.4, -0.2) is 39.9 Å².